The Morgan fingerprint density at radius 2 is 2.05 bits per heavy atom. The molecule has 0 unspecified atom stereocenters. The van der Waals surface area contributed by atoms with E-state index in [1.54, 1.807) is 18.7 Å². The second-order valence-corrected chi connectivity index (χ2v) is 4.65. The number of hydrogen-bond donors (Lipinski definition) is 1. The van der Waals surface area contributed by atoms with Gasteiger partial charge in [0.15, 0.2) is 5.69 Å². The van der Waals surface area contributed by atoms with Crippen molar-refractivity contribution in [2.45, 2.75) is 26.9 Å². The van der Waals surface area contributed by atoms with Crippen LogP contribution in [0.25, 0.3) is 0 Å². The Morgan fingerprint density at radius 1 is 1.35 bits per heavy atom. The summed E-state index contributed by atoms with van der Waals surface area (Å²) in [5.74, 6) is -0.482. The van der Waals surface area contributed by atoms with Gasteiger partial charge in [0.05, 0.1) is 22.8 Å². The van der Waals surface area contributed by atoms with E-state index >= 15 is 0 Å². The number of ether oxygens (including phenoxy) is 1. The molecule has 0 atom stereocenters. The normalized spacial score (nSPS) is 10.8. The molecule has 2 aromatic heterocycles. The molecular formula is C13H19N5O2. The van der Waals surface area contributed by atoms with Gasteiger partial charge in [0, 0.05) is 14.1 Å². The maximum Gasteiger partial charge on any atom is 0.359 e. The van der Waals surface area contributed by atoms with Gasteiger partial charge in [-0.2, -0.15) is 10.2 Å². The summed E-state index contributed by atoms with van der Waals surface area (Å²) in [5.41, 5.74) is 8.89. The van der Waals surface area contributed by atoms with Crippen LogP contribution in [0.4, 0.5) is 5.69 Å². The minimum atomic E-state index is -0.482. The first-order chi connectivity index (χ1) is 9.43. The zero-order valence-electron chi connectivity index (χ0n) is 12.2. The van der Waals surface area contributed by atoms with Gasteiger partial charge in [0.25, 0.3) is 0 Å². The first kappa shape index (κ1) is 14.1. The number of nitrogen functional groups attached to an aromatic ring is 1. The van der Waals surface area contributed by atoms with E-state index in [4.69, 9.17) is 10.5 Å². The number of anilines is 1. The van der Waals surface area contributed by atoms with Crippen molar-refractivity contribution in [1.82, 2.24) is 19.6 Å². The number of esters is 1. The van der Waals surface area contributed by atoms with E-state index < -0.39 is 5.97 Å². The lowest BCUT2D eigenvalue weighted by molar-refractivity contribution is 0.0452. The highest BCUT2D eigenvalue weighted by atomic mass is 16.5. The van der Waals surface area contributed by atoms with Crippen LogP contribution in [0.15, 0.2) is 6.07 Å². The summed E-state index contributed by atoms with van der Waals surface area (Å²) >= 11 is 0. The van der Waals surface area contributed by atoms with Crippen LogP contribution in [0, 0.1) is 6.92 Å². The van der Waals surface area contributed by atoms with Crippen molar-refractivity contribution in [1.29, 1.82) is 0 Å². The lowest BCUT2D eigenvalue weighted by Crippen LogP contribution is -2.13. The third kappa shape index (κ3) is 2.52. The van der Waals surface area contributed by atoms with Crippen molar-refractivity contribution in [2.75, 3.05) is 5.73 Å². The topological polar surface area (TPSA) is 88.0 Å². The Bertz CT molecular complexity index is 641. The van der Waals surface area contributed by atoms with Crippen molar-refractivity contribution in [3.63, 3.8) is 0 Å². The summed E-state index contributed by atoms with van der Waals surface area (Å²) in [5, 5.41) is 8.40. The molecule has 0 saturated carbocycles. The van der Waals surface area contributed by atoms with Crippen molar-refractivity contribution in [2.24, 2.45) is 14.1 Å². The first-order valence-electron chi connectivity index (χ1n) is 6.42. The van der Waals surface area contributed by atoms with Gasteiger partial charge in [-0.25, -0.2) is 4.79 Å². The van der Waals surface area contributed by atoms with E-state index in [2.05, 4.69) is 10.2 Å². The standard InChI is InChI=1S/C13H19N5O2/c1-5-9-6-10(17(3)16-9)7-20-13(19)12-11(14)8(2)15-18(12)4/h6H,5,7,14H2,1-4H3. The quantitative estimate of drug-likeness (QED) is 0.841. The van der Waals surface area contributed by atoms with Crippen LogP contribution < -0.4 is 5.73 Å². The molecule has 0 radical (unpaired) electrons. The largest absolute Gasteiger partial charge is 0.454 e. The number of aromatic nitrogens is 4. The number of carbonyl (C=O) groups excluding carboxylic acids is 1. The lowest BCUT2D eigenvalue weighted by Gasteiger charge is -2.06. The maximum absolute atomic E-state index is 12.1. The Kier molecular flexibility index (Phi) is 3.78. The smallest absolute Gasteiger partial charge is 0.359 e. The molecule has 108 valence electrons. The highest BCUT2D eigenvalue weighted by molar-refractivity contribution is 5.93. The number of nitrogens with two attached hydrogens (primary N) is 1. The molecule has 0 fully saturated rings. The number of nitrogens with zero attached hydrogens (tertiary/aromatic N) is 4. The molecule has 2 rings (SSSR count). The number of aryl methyl sites for hydroxylation is 4. The SMILES string of the molecule is CCc1cc(COC(=O)c2c(N)c(C)nn2C)n(C)n1. The fourth-order valence-electron chi connectivity index (χ4n) is 2.00. The average molecular weight is 277 g/mol. The lowest BCUT2D eigenvalue weighted by atomic mass is 10.3. The van der Waals surface area contributed by atoms with Gasteiger partial charge in [0.1, 0.15) is 6.61 Å². The molecule has 7 heteroatoms. The number of hydrogen-bond acceptors (Lipinski definition) is 5. The van der Waals surface area contributed by atoms with E-state index in [1.165, 1.54) is 4.68 Å². The Balaban J connectivity index is 2.10. The highest BCUT2D eigenvalue weighted by Crippen LogP contribution is 2.17. The minimum Gasteiger partial charge on any atom is -0.454 e. The van der Waals surface area contributed by atoms with E-state index in [1.807, 2.05) is 20.0 Å². The summed E-state index contributed by atoms with van der Waals surface area (Å²) in [6.07, 6.45) is 0.843. The molecule has 0 saturated heterocycles. The van der Waals surface area contributed by atoms with Crippen molar-refractivity contribution in [3.05, 3.63) is 28.8 Å². The van der Waals surface area contributed by atoms with Gasteiger partial charge in [-0.3, -0.25) is 9.36 Å². The molecule has 7 nitrogen and oxygen atoms in total. The van der Waals surface area contributed by atoms with Crippen LogP contribution in [0.3, 0.4) is 0 Å². The average Bonchev–Trinajstić information content (AvgIpc) is 2.88. The van der Waals surface area contributed by atoms with E-state index in [0.29, 0.717) is 11.4 Å². The number of carbonyl (C=O) groups is 1. The molecule has 0 aliphatic heterocycles. The van der Waals surface area contributed by atoms with Crippen LogP contribution in [0.5, 0.6) is 0 Å². The Morgan fingerprint density at radius 3 is 2.55 bits per heavy atom. The molecule has 2 N–H and O–H groups in total. The zero-order valence-corrected chi connectivity index (χ0v) is 12.2. The van der Waals surface area contributed by atoms with Crippen molar-refractivity contribution >= 4 is 11.7 Å². The van der Waals surface area contributed by atoms with Gasteiger partial charge in [0.2, 0.25) is 0 Å². The fraction of sp³-hybridized carbons (Fsp3) is 0.462. The first-order valence-corrected chi connectivity index (χ1v) is 6.42. The summed E-state index contributed by atoms with van der Waals surface area (Å²) in [6.45, 7) is 3.93. The van der Waals surface area contributed by atoms with Gasteiger partial charge in [-0.05, 0) is 19.4 Å². The Hall–Kier alpha value is -2.31. The molecule has 0 aromatic carbocycles. The predicted molar refractivity (Wildman–Crippen MR) is 74.1 cm³/mol. The van der Waals surface area contributed by atoms with Gasteiger partial charge >= 0.3 is 5.97 Å². The Labute approximate surface area is 117 Å². The second kappa shape index (κ2) is 5.36. The third-order valence-corrected chi connectivity index (χ3v) is 3.20. The van der Waals surface area contributed by atoms with Crippen LogP contribution in [-0.2, 0) is 31.9 Å². The van der Waals surface area contributed by atoms with Gasteiger partial charge in [-0.1, -0.05) is 6.92 Å². The van der Waals surface area contributed by atoms with Crippen molar-refractivity contribution < 1.29 is 9.53 Å². The zero-order chi connectivity index (χ0) is 14.9. The molecule has 2 heterocycles. The summed E-state index contributed by atoms with van der Waals surface area (Å²) < 4.78 is 8.44. The fourth-order valence-corrected chi connectivity index (χ4v) is 2.00. The monoisotopic (exact) mass is 277 g/mol. The molecular weight excluding hydrogens is 258 g/mol. The van der Waals surface area contributed by atoms with E-state index in [9.17, 15) is 4.79 Å². The summed E-state index contributed by atoms with van der Waals surface area (Å²) in [4.78, 5) is 12.1. The molecule has 0 amide bonds. The van der Waals surface area contributed by atoms with Crippen LogP contribution in [0.1, 0.15) is 34.5 Å². The molecule has 0 aliphatic carbocycles. The predicted octanol–water partition coefficient (Wildman–Crippen LogP) is 0.964. The number of rotatable bonds is 4. The molecule has 20 heavy (non-hydrogen) atoms. The van der Waals surface area contributed by atoms with Crippen LogP contribution in [-0.4, -0.2) is 25.5 Å². The van der Waals surface area contributed by atoms with Crippen molar-refractivity contribution in [3.8, 4) is 0 Å². The van der Waals surface area contributed by atoms with Crippen LogP contribution in [0.2, 0.25) is 0 Å². The van der Waals surface area contributed by atoms with Gasteiger partial charge < -0.3 is 10.5 Å². The molecule has 0 aliphatic rings. The van der Waals surface area contributed by atoms with E-state index in [-0.39, 0.29) is 12.3 Å². The third-order valence-electron chi connectivity index (χ3n) is 3.20. The summed E-state index contributed by atoms with van der Waals surface area (Å²) in [6, 6.07) is 1.92. The van der Waals surface area contributed by atoms with E-state index in [0.717, 1.165) is 17.8 Å². The second-order valence-electron chi connectivity index (χ2n) is 4.65. The summed E-state index contributed by atoms with van der Waals surface area (Å²) in [7, 11) is 3.49. The molecule has 0 spiro atoms. The maximum atomic E-state index is 12.1. The molecule has 2 aromatic rings. The van der Waals surface area contributed by atoms with Crippen LogP contribution >= 0.6 is 0 Å². The minimum absolute atomic E-state index is 0.159. The van der Waals surface area contributed by atoms with Gasteiger partial charge in [-0.15, -0.1) is 0 Å². The molecule has 0 bridgehead atoms. The highest BCUT2D eigenvalue weighted by Gasteiger charge is 2.19.